The molecule has 0 aliphatic carbocycles. The molecule has 0 bridgehead atoms. The number of fused-ring (bicyclic) bond motifs is 1. The van der Waals surface area contributed by atoms with Crippen molar-refractivity contribution in [1.82, 2.24) is 9.97 Å². The van der Waals surface area contributed by atoms with Gasteiger partial charge in [-0.3, -0.25) is 9.98 Å². The Labute approximate surface area is 129 Å². The average molecular weight is 287 g/mol. The summed E-state index contributed by atoms with van der Waals surface area (Å²) in [6, 6.07) is 14.6. The first kappa shape index (κ1) is 13.0. The van der Waals surface area contributed by atoms with Crippen LogP contribution in [0.5, 0.6) is 0 Å². The van der Waals surface area contributed by atoms with Crippen LogP contribution < -0.4 is 0 Å². The molecule has 3 aromatic rings. The van der Waals surface area contributed by atoms with Gasteiger partial charge in [-0.1, -0.05) is 18.2 Å². The van der Waals surface area contributed by atoms with Gasteiger partial charge < -0.3 is 4.98 Å². The minimum Gasteiger partial charge on any atom is -0.355 e. The molecule has 22 heavy (non-hydrogen) atoms. The third kappa shape index (κ3) is 2.46. The van der Waals surface area contributed by atoms with E-state index in [-0.39, 0.29) is 0 Å². The number of allylic oxidation sites excluding steroid dienone is 1. The Hall–Kier alpha value is -2.68. The number of aliphatic imine (C=N–C) groups is 1. The normalized spacial score (nSPS) is 16.9. The first-order chi connectivity index (χ1) is 10.9. The summed E-state index contributed by atoms with van der Waals surface area (Å²) >= 11 is 0. The highest BCUT2D eigenvalue weighted by atomic mass is 14.8. The molecular weight excluding hydrogens is 270 g/mol. The maximum absolute atomic E-state index is 4.73. The van der Waals surface area contributed by atoms with Gasteiger partial charge in [0.2, 0.25) is 0 Å². The Balaban J connectivity index is 1.76. The van der Waals surface area contributed by atoms with Crippen LogP contribution in [0, 0.1) is 0 Å². The number of nitrogens with one attached hydrogen (secondary N) is 1. The molecule has 0 saturated carbocycles. The van der Waals surface area contributed by atoms with Crippen molar-refractivity contribution >= 4 is 22.7 Å². The van der Waals surface area contributed by atoms with Gasteiger partial charge >= 0.3 is 0 Å². The summed E-state index contributed by atoms with van der Waals surface area (Å²) in [5.74, 6) is 0. The van der Waals surface area contributed by atoms with Gasteiger partial charge in [-0.05, 0) is 54.1 Å². The Bertz CT molecular complexity index is 824. The highest BCUT2D eigenvalue weighted by Gasteiger charge is 2.14. The van der Waals surface area contributed by atoms with Gasteiger partial charge in [0.05, 0.1) is 5.71 Å². The Kier molecular flexibility index (Phi) is 3.31. The fourth-order valence-electron chi connectivity index (χ4n) is 2.96. The molecule has 0 amide bonds. The number of aromatic nitrogens is 2. The molecule has 3 nitrogen and oxygen atoms in total. The number of aromatic amines is 1. The minimum absolute atomic E-state index is 0.897. The lowest BCUT2D eigenvalue weighted by molar-refractivity contribution is 0.818. The van der Waals surface area contributed by atoms with Crippen LogP contribution in [0.4, 0.5) is 0 Å². The lowest BCUT2D eigenvalue weighted by atomic mass is 9.96. The summed E-state index contributed by atoms with van der Waals surface area (Å²) in [7, 11) is 0. The fourth-order valence-corrected chi connectivity index (χ4v) is 2.96. The molecule has 0 atom stereocenters. The standard InChI is InChI=1S/C19H17N3/c1-2-8-18-14(5-1)11-17(22-18)12-15-6-4-10-21-19(15)16-7-3-9-20-13-16/h1-3,5,7-9,11-13,22H,4,6,10H2/b15-12+. The zero-order chi connectivity index (χ0) is 14.8. The molecule has 0 unspecified atom stereocenters. The molecule has 1 aliphatic rings. The maximum atomic E-state index is 4.73. The molecule has 1 aromatic carbocycles. The number of hydrogen-bond acceptors (Lipinski definition) is 2. The molecule has 3 heteroatoms. The number of para-hydroxylation sites is 1. The Morgan fingerprint density at radius 3 is 2.91 bits per heavy atom. The van der Waals surface area contributed by atoms with E-state index in [4.69, 9.17) is 4.99 Å². The van der Waals surface area contributed by atoms with Crippen molar-refractivity contribution in [3.8, 4) is 0 Å². The number of hydrogen-bond donors (Lipinski definition) is 1. The van der Waals surface area contributed by atoms with Crippen LogP contribution in [0.15, 0.2) is 65.4 Å². The second-order valence-corrected chi connectivity index (χ2v) is 5.56. The van der Waals surface area contributed by atoms with Crippen molar-refractivity contribution in [3.63, 3.8) is 0 Å². The third-order valence-electron chi connectivity index (χ3n) is 3.99. The smallest absolute Gasteiger partial charge is 0.0694 e. The molecular formula is C19H17N3. The van der Waals surface area contributed by atoms with E-state index in [0.717, 1.165) is 36.4 Å². The molecule has 0 radical (unpaired) electrons. The number of rotatable bonds is 2. The van der Waals surface area contributed by atoms with E-state index in [9.17, 15) is 0 Å². The molecule has 3 heterocycles. The van der Waals surface area contributed by atoms with Crippen LogP contribution in [0.2, 0.25) is 0 Å². The van der Waals surface area contributed by atoms with Crippen molar-refractivity contribution in [2.24, 2.45) is 4.99 Å². The number of pyridine rings is 1. The highest BCUT2D eigenvalue weighted by molar-refractivity contribution is 6.15. The summed E-state index contributed by atoms with van der Waals surface area (Å²) in [6.45, 7) is 0.897. The summed E-state index contributed by atoms with van der Waals surface area (Å²) in [4.78, 5) is 12.4. The van der Waals surface area contributed by atoms with Gasteiger partial charge in [-0.2, -0.15) is 0 Å². The van der Waals surface area contributed by atoms with Crippen LogP contribution in [-0.4, -0.2) is 22.2 Å². The zero-order valence-corrected chi connectivity index (χ0v) is 12.3. The maximum Gasteiger partial charge on any atom is 0.0694 e. The van der Waals surface area contributed by atoms with E-state index >= 15 is 0 Å². The Morgan fingerprint density at radius 2 is 2.05 bits per heavy atom. The van der Waals surface area contributed by atoms with Gasteiger partial charge in [0, 0.05) is 35.7 Å². The number of nitrogens with zero attached hydrogens (tertiary/aromatic N) is 2. The highest BCUT2D eigenvalue weighted by Crippen LogP contribution is 2.23. The van der Waals surface area contributed by atoms with Crippen LogP contribution in [0.3, 0.4) is 0 Å². The average Bonchev–Trinajstić information content (AvgIpc) is 2.98. The van der Waals surface area contributed by atoms with Gasteiger partial charge in [-0.15, -0.1) is 0 Å². The SMILES string of the molecule is C(=C1/CCCN=C1c1cccnc1)/c1cc2ccccc2[nH]1. The van der Waals surface area contributed by atoms with E-state index in [1.165, 1.54) is 16.5 Å². The van der Waals surface area contributed by atoms with Crippen molar-refractivity contribution in [2.75, 3.05) is 6.54 Å². The lowest BCUT2D eigenvalue weighted by Crippen LogP contribution is -2.11. The van der Waals surface area contributed by atoms with Crippen LogP contribution >= 0.6 is 0 Å². The van der Waals surface area contributed by atoms with E-state index in [2.05, 4.69) is 52.4 Å². The Morgan fingerprint density at radius 1 is 1.09 bits per heavy atom. The fraction of sp³-hybridized carbons (Fsp3) is 0.158. The third-order valence-corrected chi connectivity index (χ3v) is 3.99. The quantitative estimate of drug-likeness (QED) is 0.753. The second-order valence-electron chi connectivity index (χ2n) is 5.56. The van der Waals surface area contributed by atoms with E-state index in [1.807, 2.05) is 12.3 Å². The van der Waals surface area contributed by atoms with E-state index in [1.54, 1.807) is 6.20 Å². The molecule has 2 aromatic heterocycles. The summed E-state index contributed by atoms with van der Waals surface area (Å²) < 4.78 is 0. The first-order valence-corrected chi connectivity index (χ1v) is 7.64. The molecule has 0 spiro atoms. The second kappa shape index (κ2) is 5.60. The van der Waals surface area contributed by atoms with Gasteiger partial charge in [0.1, 0.15) is 0 Å². The summed E-state index contributed by atoms with van der Waals surface area (Å²) in [6.07, 6.45) is 8.08. The molecule has 1 N–H and O–H groups in total. The van der Waals surface area contributed by atoms with Crippen molar-refractivity contribution in [3.05, 3.63) is 71.7 Å². The van der Waals surface area contributed by atoms with Gasteiger partial charge in [-0.25, -0.2) is 0 Å². The van der Waals surface area contributed by atoms with Gasteiger partial charge in [0.15, 0.2) is 0 Å². The zero-order valence-electron chi connectivity index (χ0n) is 12.3. The molecule has 0 saturated heterocycles. The predicted molar refractivity (Wildman–Crippen MR) is 91.2 cm³/mol. The van der Waals surface area contributed by atoms with Crippen molar-refractivity contribution in [1.29, 1.82) is 0 Å². The molecule has 108 valence electrons. The monoisotopic (exact) mass is 287 g/mol. The summed E-state index contributed by atoms with van der Waals surface area (Å²) in [5.41, 5.74) is 5.77. The largest absolute Gasteiger partial charge is 0.355 e. The molecule has 4 rings (SSSR count). The van der Waals surface area contributed by atoms with Crippen LogP contribution in [0.25, 0.3) is 17.0 Å². The number of H-pyrrole nitrogens is 1. The minimum atomic E-state index is 0.897. The first-order valence-electron chi connectivity index (χ1n) is 7.64. The van der Waals surface area contributed by atoms with Crippen molar-refractivity contribution < 1.29 is 0 Å². The van der Waals surface area contributed by atoms with Crippen molar-refractivity contribution in [2.45, 2.75) is 12.8 Å². The van der Waals surface area contributed by atoms with E-state index in [0.29, 0.717) is 0 Å². The predicted octanol–water partition coefficient (Wildman–Crippen LogP) is 4.23. The van der Waals surface area contributed by atoms with Gasteiger partial charge in [0.25, 0.3) is 0 Å². The van der Waals surface area contributed by atoms with E-state index < -0.39 is 0 Å². The number of benzene rings is 1. The molecule has 0 fully saturated rings. The summed E-state index contributed by atoms with van der Waals surface area (Å²) in [5, 5.41) is 1.24. The lowest BCUT2D eigenvalue weighted by Gasteiger charge is -2.15. The topological polar surface area (TPSA) is 41.0 Å². The van der Waals surface area contributed by atoms with Crippen LogP contribution in [-0.2, 0) is 0 Å². The van der Waals surface area contributed by atoms with Crippen LogP contribution in [0.1, 0.15) is 24.1 Å². The molecule has 1 aliphatic heterocycles.